The number of urea groups is 1. The lowest BCUT2D eigenvalue weighted by molar-refractivity contribution is 0.152. The van der Waals surface area contributed by atoms with Crippen molar-refractivity contribution < 1.29 is 13.9 Å². The summed E-state index contributed by atoms with van der Waals surface area (Å²) in [6, 6.07) is 2.91. The van der Waals surface area contributed by atoms with Crippen LogP contribution in [0.1, 0.15) is 12.7 Å². The highest BCUT2D eigenvalue weighted by Crippen LogP contribution is 2.27. The van der Waals surface area contributed by atoms with Crippen molar-refractivity contribution in [1.82, 2.24) is 15.6 Å². The minimum atomic E-state index is -0.606. The molecule has 2 amide bonds. The third-order valence-electron chi connectivity index (χ3n) is 2.82. The lowest BCUT2D eigenvalue weighted by Crippen LogP contribution is -2.33. The molecule has 0 aliphatic carbocycles. The zero-order chi connectivity index (χ0) is 17.4. The first kappa shape index (κ1) is 17.8. The second-order valence-electron chi connectivity index (χ2n) is 4.62. The number of carbonyl (C=O) groups excluding carboxylic acids is 1. The number of hydrogen-bond acceptors (Lipinski definition) is 6. The molecule has 0 fully saturated rings. The second kappa shape index (κ2) is 8.89. The van der Waals surface area contributed by atoms with Gasteiger partial charge in [0.15, 0.2) is 11.7 Å². The summed E-state index contributed by atoms with van der Waals surface area (Å²) in [6.07, 6.45) is 0. The Bertz CT molecular complexity index is 696. The molecule has 9 nitrogen and oxygen atoms in total. The lowest BCUT2D eigenvalue weighted by atomic mass is 10.3. The molecule has 6 N–H and O–H groups in total. The highest BCUT2D eigenvalue weighted by atomic mass is 32.1. The number of carbonyl (C=O) groups is 1. The maximum Gasteiger partial charge on any atom is 0.312 e. The molecular weight excluding hydrogens is 332 g/mol. The Labute approximate surface area is 143 Å². The number of furan rings is 1. The van der Waals surface area contributed by atoms with E-state index in [9.17, 15) is 4.79 Å². The molecule has 0 atom stereocenters. The number of amides is 2. The van der Waals surface area contributed by atoms with Crippen LogP contribution in [0.5, 0.6) is 0 Å². The van der Waals surface area contributed by atoms with Crippen molar-refractivity contribution in [2.75, 3.05) is 19.8 Å². The first-order valence-electron chi connectivity index (χ1n) is 7.32. The molecule has 0 aromatic carbocycles. The van der Waals surface area contributed by atoms with E-state index in [2.05, 4.69) is 20.6 Å². The van der Waals surface area contributed by atoms with Crippen LogP contribution >= 0.6 is 11.3 Å². The minimum Gasteiger partial charge on any atom is -0.458 e. The molecule has 10 heteroatoms. The normalized spacial score (nSPS) is 11.5. The first-order chi connectivity index (χ1) is 11.6. The largest absolute Gasteiger partial charge is 0.458 e. The standard InChI is InChI=1S/C14H20N6O3S/c1-2-22-6-5-17-12(15)20-14-19-10(8-24-14)11-4-3-9(23-11)7-18-13(16)21/h3-4,8H,2,5-7H2,1H3,(H3,16,18,21)(H3,15,17,19,20). The predicted molar refractivity (Wildman–Crippen MR) is 92.0 cm³/mol. The lowest BCUT2D eigenvalue weighted by Gasteiger charge is -2.04. The number of nitrogens with two attached hydrogens (primary N) is 2. The summed E-state index contributed by atoms with van der Waals surface area (Å²) >= 11 is 1.34. The fraction of sp³-hybridized carbons (Fsp3) is 0.357. The molecule has 130 valence electrons. The Morgan fingerprint density at radius 1 is 1.42 bits per heavy atom. The Hall–Kier alpha value is -2.59. The molecule has 0 saturated carbocycles. The predicted octanol–water partition coefficient (Wildman–Crippen LogP) is 1.14. The molecule has 0 radical (unpaired) electrons. The van der Waals surface area contributed by atoms with Crippen molar-refractivity contribution in [3.8, 4) is 11.5 Å². The minimum absolute atomic E-state index is 0.223. The molecule has 2 heterocycles. The first-order valence-corrected chi connectivity index (χ1v) is 8.20. The maximum atomic E-state index is 10.7. The van der Waals surface area contributed by atoms with Gasteiger partial charge in [-0.3, -0.25) is 0 Å². The maximum absolute atomic E-state index is 10.7. The number of ether oxygens (including phenoxy) is 1. The van der Waals surface area contributed by atoms with Gasteiger partial charge in [-0.1, -0.05) is 0 Å². The number of aliphatic imine (C=N–C) groups is 1. The van der Waals surface area contributed by atoms with E-state index >= 15 is 0 Å². The van der Waals surface area contributed by atoms with Gasteiger partial charge in [-0.2, -0.15) is 4.99 Å². The van der Waals surface area contributed by atoms with E-state index < -0.39 is 6.03 Å². The Kier molecular flexibility index (Phi) is 6.58. The van der Waals surface area contributed by atoms with Gasteiger partial charge >= 0.3 is 6.03 Å². The van der Waals surface area contributed by atoms with Crippen LogP contribution in [0.4, 0.5) is 9.93 Å². The summed E-state index contributed by atoms with van der Waals surface area (Å²) in [5, 5.41) is 7.73. The summed E-state index contributed by atoms with van der Waals surface area (Å²) in [5.41, 5.74) is 11.4. The number of rotatable bonds is 8. The van der Waals surface area contributed by atoms with Gasteiger partial charge in [0.05, 0.1) is 13.2 Å². The topological polar surface area (TPSA) is 141 Å². The number of nitrogens with zero attached hydrogens (tertiary/aromatic N) is 2. The molecule has 24 heavy (non-hydrogen) atoms. The summed E-state index contributed by atoms with van der Waals surface area (Å²) in [5.74, 6) is 1.44. The van der Waals surface area contributed by atoms with Gasteiger partial charge in [-0.25, -0.2) is 9.78 Å². The molecule has 2 aromatic heterocycles. The molecule has 0 spiro atoms. The monoisotopic (exact) mass is 352 g/mol. The summed E-state index contributed by atoms with van der Waals surface area (Å²) < 4.78 is 10.8. The third-order valence-corrected chi connectivity index (χ3v) is 3.55. The van der Waals surface area contributed by atoms with E-state index in [1.165, 1.54) is 11.3 Å². The van der Waals surface area contributed by atoms with E-state index in [0.717, 1.165) is 0 Å². The van der Waals surface area contributed by atoms with E-state index in [1.54, 1.807) is 12.1 Å². The summed E-state index contributed by atoms with van der Waals surface area (Å²) in [7, 11) is 0. The second-order valence-corrected chi connectivity index (χ2v) is 5.46. The zero-order valence-corrected chi connectivity index (χ0v) is 14.1. The molecule has 2 aromatic rings. The molecule has 0 bridgehead atoms. The molecular formula is C14H20N6O3S. The van der Waals surface area contributed by atoms with Gasteiger partial charge in [-0.15, -0.1) is 11.3 Å². The van der Waals surface area contributed by atoms with Gasteiger partial charge in [0, 0.05) is 18.5 Å². The molecule has 0 aliphatic rings. The van der Waals surface area contributed by atoms with Crippen molar-refractivity contribution in [3.05, 3.63) is 23.3 Å². The molecule has 2 rings (SSSR count). The average molecular weight is 352 g/mol. The molecule has 0 saturated heterocycles. The van der Waals surface area contributed by atoms with Crippen LogP contribution in [0.2, 0.25) is 0 Å². The van der Waals surface area contributed by atoms with Crippen LogP contribution in [0.25, 0.3) is 11.5 Å². The van der Waals surface area contributed by atoms with Crippen molar-refractivity contribution in [1.29, 1.82) is 0 Å². The van der Waals surface area contributed by atoms with Gasteiger partial charge < -0.3 is 31.3 Å². The quantitative estimate of drug-likeness (QED) is 0.319. The fourth-order valence-corrected chi connectivity index (χ4v) is 2.44. The molecule has 0 aliphatic heterocycles. The van der Waals surface area contributed by atoms with Crippen molar-refractivity contribution in [3.63, 3.8) is 0 Å². The average Bonchev–Trinajstić information content (AvgIpc) is 3.18. The number of aromatic nitrogens is 1. The van der Waals surface area contributed by atoms with Crippen LogP contribution < -0.4 is 22.1 Å². The van der Waals surface area contributed by atoms with Gasteiger partial charge in [0.1, 0.15) is 11.5 Å². The molecule has 0 unspecified atom stereocenters. The SMILES string of the molecule is CCOCCN/C(N)=N/c1nc(-c2ccc(CNC(N)=O)o2)cs1. The van der Waals surface area contributed by atoms with Crippen LogP contribution in [0.15, 0.2) is 26.9 Å². The Morgan fingerprint density at radius 3 is 3.00 bits per heavy atom. The number of hydrogen-bond donors (Lipinski definition) is 4. The van der Waals surface area contributed by atoms with Gasteiger partial charge in [-0.05, 0) is 19.1 Å². The van der Waals surface area contributed by atoms with Gasteiger partial charge in [0.25, 0.3) is 0 Å². The van der Waals surface area contributed by atoms with Crippen molar-refractivity contribution in [2.24, 2.45) is 16.5 Å². The Balaban J connectivity index is 1.93. The van der Waals surface area contributed by atoms with Crippen LogP contribution in [-0.4, -0.2) is 36.7 Å². The smallest absolute Gasteiger partial charge is 0.312 e. The number of primary amides is 1. The van der Waals surface area contributed by atoms with Crippen LogP contribution in [-0.2, 0) is 11.3 Å². The summed E-state index contributed by atoms with van der Waals surface area (Å²) in [4.78, 5) is 19.2. The van der Waals surface area contributed by atoms with Gasteiger partial charge in [0.2, 0.25) is 5.13 Å². The van der Waals surface area contributed by atoms with Crippen molar-refractivity contribution in [2.45, 2.75) is 13.5 Å². The van der Waals surface area contributed by atoms with E-state index in [1.807, 2.05) is 12.3 Å². The van der Waals surface area contributed by atoms with Crippen molar-refractivity contribution >= 4 is 28.5 Å². The third kappa shape index (κ3) is 5.56. The van der Waals surface area contributed by atoms with Crippen LogP contribution in [0, 0.1) is 0 Å². The highest BCUT2D eigenvalue weighted by molar-refractivity contribution is 7.13. The Morgan fingerprint density at radius 2 is 2.25 bits per heavy atom. The summed E-state index contributed by atoms with van der Waals surface area (Å²) in [6.45, 7) is 3.95. The van der Waals surface area contributed by atoms with Crippen LogP contribution in [0.3, 0.4) is 0 Å². The number of guanidine groups is 1. The number of nitrogens with one attached hydrogen (secondary N) is 2. The fourth-order valence-electron chi connectivity index (χ4n) is 1.75. The zero-order valence-electron chi connectivity index (χ0n) is 13.2. The van der Waals surface area contributed by atoms with E-state index in [0.29, 0.717) is 42.1 Å². The van der Waals surface area contributed by atoms with E-state index in [-0.39, 0.29) is 12.5 Å². The van der Waals surface area contributed by atoms with E-state index in [4.69, 9.17) is 20.6 Å². The highest BCUT2D eigenvalue weighted by Gasteiger charge is 2.09. The number of thiazole rings is 1.